The van der Waals surface area contributed by atoms with Gasteiger partial charge in [0.15, 0.2) is 0 Å². The summed E-state index contributed by atoms with van der Waals surface area (Å²) in [5.41, 5.74) is 12.8. The standard InChI is InChI=1S/C10H15N3O/c1-13(10(12)14)7-9-5-3-2-4-8(9)6-11/h2-5H,6-7,11H2,1H3,(H2,12,14). The first-order chi connectivity index (χ1) is 6.65. The van der Waals surface area contributed by atoms with E-state index in [1.54, 1.807) is 7.05 Å². The summed E-state index contributed by atoms with van der Waals surface area (Å²) in [6, 6.07) is 7.31. The number of nitrogens with two attached hydrogens (primary N) is 2. The smallest absolute Gasteiger partial charge is 0.314 e. The number of nitrogens with zero attached hydrogens (tertiary/aromatic N) is 1. The third-order valence-electron chi connectivity index (χ3n) is 2.12. The van der Waals surface area contributed by atoms with Gasteiger partial charge in [0.05, 0.1) is 0 Å². The van der Waals surface area contributed by atoms with Gasteiger partial charge in [-0.15, -0.1) is 0 Å². The zero-order valence-corrected chi connectivity index (χ0v) is 8.23. The molecule has 14 heavy (non-hydrogen) atoms. The Balaban J connectivity index is 2.80. The van der Waals surface area contributed by atoms with Gasteiger partial charge in [0.2, 0.25) is 0 Å². The molecule has 0 bridgehead atoms. The van der Waals surface area contributed by atoms with Crippen LogP contribution in [0.5, 0.6) is 0 Å². The maximum atomic E-state index is 10.8. The highest BCUT2D eigenvalue weighted by Crippen LogP contribution is 2.09. The van der Waals surface area contributed by atoms with E-state index < -0.39 is 6.03 Å². The Hall–Kier alpha value is -1.55. The summed E-state index contributed by atoms with van der Waals surface area (Å²) in [7, 11) is 1.66. The lowest BCUT2D eigenvalue weighted by molar-refractivity contribution is 0.216. The predicted molar refractivity (Wildman–Crippen MR) is 55.4 cm³/mol. The Morgan fingerprint density at radius 3 is 2.43 bits per heavy atom. The average molecular weight is 193 g/mol. The van der Waals surface area contributed by atoms with Gasteiger partial charge in [0.1, 0.15) is 0 Å². The molecule has 0 heterocycles. The molecular weight excluding hydrogens is 178 g/mol. The van der Waals surface area contributed by atoms with Crippen LogP contribution in [0.25, 0.3) is 0 Å². The van der Waals surface area contributed by atoms with Crippen LogP contribution in [0.3, 0.4) is 0 Å². The molecule has 4 nitrogen and oxygen atoms in total. The molecule has 1 rings (SSSR count). The van der Waals surface area contributed by atoms with Crippen molar-refractivity contribution < 1.29 is 4.79 Å². The van der Waals surface area contributed by atoms with E-state index in [9.17, 15) is 4.79 Å². The summed E-state index contributed by atoms with van der Waals surface area (Å²) in [6.45, 7) is 0.978. The van der Waals surface area contributed by atoms with Crippen molar-refractivity contribution in [3.05, 3.63) is 35.4 Å². The lowest BCUT2D eigenvalue weighted by atomic mass is 10.1. The number of benzene rings is 1. The van der Waals surface area contributed by atoms with Gasteiger partial charge in [0.25, 0.3) is 0 Å². The second kappa shape index (κ2) is 4.62. The quantitative estimate of drug-likeness (QED) is 0.740. The van der Waals surface area contributed by atoms with Crippen LogP contribution in [-0.2, 0) is 13.1 Å². The minimum absolute atomic E-state index is 0.433. The van der Waals surface area contributed by atoms with Crippen LogP contribution >= 0.6 is 0 Å². The Morgan fingerprint density at radius 2 is 1.93 bits per heavy atom. The SMILES string of the molecule is CN(Cc1ccccc1CN)C(N)=O. The van der Waals surface area contributed by atoms with Crippen LogP contribution in [0.2, 0.25) is 0 Å². The molecule has 0 saturated heterocycles. The summed E-state index contributed by atoms with van der Waals surface area (Å²) < 4.78 is 0. The summed E-state index contributed by atoms with van der Waals surface area (Å²) in [5.74, 6) is 0. The van der Waals surface area contributed by atoms with Crippen molar-refractivity contribution in [1.29, 1.82) is 0 Å². The van der Waals surface area contributed by atoms with Crippen LogP contribution in [0, 0.1) is 0 Å². The van der Waals surface area contributed by atoms with Crippen molar-refractivity contribution in [2.75, 3.05) is 7.05 Å². The van der Waals surface area contributed by atoms with Gasteiger partial charge < -0.3 is 16.4 Å². The van der Waals surface area contributed by atoms with E-state index in [1.807, 2.05) is 24.3 Å². The first kappa shape index (κ1) is 10.5. The number of carbonyl (C=O) groups is 1. The van der Waals surface area contributed by atoms with E-state index in [4.69, 9.17) is 11.5 Å². The Kier molecular flexibility index (Phi) is 3.48. The van der Waals surface area contributed by atoms with Gasteiger partial charge in [-0.05, 0) is 11.1 Å². The maximum absolute atomic E-state index is 10.8. The second-order valence-corrected chi connectivity index (χ2v) is 3.17. The van der Waals surface area contributed by atoms with E-state index in [1.165, 1.54) is 4.90 Å². The van der Waals surface area contributed by atoms with Crippen molar-refractivity contribution in [3.63, 3.8) is 0 Å². The number of urea groups is 1. The van der Waals surface area contributed by atoms with Crippen molar-refractivity contribution >= 4 is 6.03 Å². The van der Waals surface area contributed by atoms with Crippen LogP contribution in [0.1, 0.15) is 11.1 Å². The van der Waals surface area contributed by atoms with Crippen molar-refractivity contribution in [2.45, 2.75) is 13.1 Å². The Labute approximate surface area is 83.5 Å². The van der Waals surface area contributed by atoms with Gasteiger partial charge in [-0.3, -0.25) is 0 Å². The van der Waals surface area contributed by atoms with Crippen LogP contribution in [0.4, 0.5) is 4.79 Å². The van der Waals surface area contributed by atoms with Crippen molar-refractivity contribution in [2.24, 2.45) is 11.5 Å². The zero-order chi connectivity index (χ0) is 10.6. The highest BCUT2D eigenvalue weighted by molar-refractivity contribution is 5.71. The molecule has 4 heteroatoms. The number of hydrogen-bond donors (Lipinski definition) is 2. The van der Waals surface area contributed by atoms with E-state index in [2.05, 4.69) is 0 Å². The van der Waals surface area contributed by atoms with Gasteiger partial charge in [-0.2, -0.15) is 0 Å². The van der Waals surface area contributed by atoms with Crippen LogP contribution < -0.4 is 11.5 Å². The zero-order valence-electron chi connectivity index (χ0n) is 8.23. The maximum Gasteiger partial charge on any atom is 0.314 e. The molecule has 1 aromatic carbocycles. The third-order valence-corrected chi connectivity index (χ3v) is 2.12. The van der Waals surface area contributed by atoms with Crippen molar-refractivity contribution in [3.8, 4) is 0 Å². The molecule has 0 saturated carbocycles. The highest BCUT2D eigenvalue weighted by atomic mass is 16.2. The minimum atomic E-state index is -0.433. The molecule has 1 aromatic rings. The Morgan fingerprint density at radius 1 is 1.36 bits per heavy atom. The number of carbonyl (C=O) groups excluding carboxylic acids is 1. The molecule has 0 atom stereocenters. The highest BCUT2D eigenvalue weighted by Gasteiger charge is 2.06. The lowest BCUT2D eigenvalue weighted by Crippen LogP contribution is -2.31. The van der Waals surface area contributed by atoms with E-state index in [0.29, 0.717) is 13.1 Å². The fraction of sp³-hybridized carbons (Fsp3) is 0.300. The summed E-state index contributed by atoms with van der Waals surface area (Å²) in [6.07, 6.45) is 0. The molecule has 0 spiro atoms. The fourth-order valence-corrected chi connectivity index (χ4v) is 1.24. The van der Waals surface area contributed by atoms with Crippen LogP contribution in [0.15, 0.2) is 24.3 Å². The molecule has 4 N–H and O–H groups in total. The lowest BCUT2D eigenvalue weighted by Gasteiger charge is -2.16. The normalized spacial score (nSPS) is 9.86. The van der Waals surface area contributed by atoms with E-state index in [0.717, 1.165) is 11.1 Å². The summed E-state index contributed by atoms with van der Waals surface area (Å²) in [5, 5.41) is 0. The molecule has 0 aliphatic carbocycles. The predicted octanol–water partition coefficient (Wildman–Crippen LogP) is 0.656. The van der Waals surface area contributed by atoms with Gasteiger partial charge in [-0.25, -0.2) is 4.79 Å². The molecule has 0 aliphatic heterocycles. The van der Waals surface area contributed by atoms with Crippen LogP contribution in [-0.4, -0.2) is 18.0 Å². The monoisotopic (exact) mass is 193 g/mol. The fourth-order valence-electron chi connectivity index (χ4n) is 1.24. The minimum Gasteiger partial charge on any atom is -0.351 e. The molecule has 0 unspecified atom stereocenters. The number of primary amides is 1. The number of hydrogen-bond acceptors (Lipinski definition) is 2. The first-order valence-electron chi connectivity index (χ1n) is 4.42. The van der Waals surface area contributed by atoms with E-state index in [-0.39, 0.29) is 0 Å². The number of rotatable bonds is 3. The average Bonchev–Trinajstić information content (AvgIpc) is 2.18. The molecule has 0 aromatic heterocycles. The number of amides is 2. The molecule has 2 amide bonds. The summed E-state index contributed by atoms with van der Waals surface area (Å²) in [4.78, 5) is 12.3. The molecule has 0 radical (unpaired) electrons. The van der Waals surface area contributed by atoms with E-state index >= 15 is 0 Å². The molecule has 0 fully saturated rings. The van der Waals surface area contributed by atoms with Gasteiger partial charge in [-0.1, -0.05) is 24.3 Å². The second-order valence-electron chi connectivity index (χ2n) is 3.17. The van der Waals surface area contributed by atoms with Crippen molar-refractivity contribution in [1.82, 2.24) is 4.90 Å². The first-order valence-corrected chi connectivity index (χ1v) is 4.42. The largest absolute Gasteiger partial charge is 0.351 e. The van der Waals surface area contributed by atoms with Gasteiger partial charge >= 0.3 is 6.03 Å². The summed E-state index contributed by atoms with van der Waals surface area (Å²) >= 11 is 0. The Bertz CT molecular complexity index is 325. The molecule has 0 aliphatic rings. The third kappa shape index (κ3) is 2.47. The van der Waals surface area contributed by atoms with Gasteiger partial charge in [0, 0.05) is 20.1 Å². The molecule has 76 valence electrons. The molecular formula is C10H15N3O. The topological polar surface area (TPSA) is 72.3 Å².